The maximum Gasteiger partial charge on any atom is 0.253 e. The van der Waals surface area contributed by atoms with Crippen LogP contribution in [0.15, 0.2) is 18.5 Å². The van der Waals surface area contributed by atoms with Crippen LogP contribution in [-0.2, 0) is 7.05 Å². The van der Waals surface area contributed by atoms with Crippen molar-refractivity contribution >= 4 is 5.91 Å². The number of hydrogen-bond donors (Lipinski definition) is 2. The zero-order valence-electron chi connectivity index (χ0n) is 11.8. The van der Waals surface area contributed by atoms with Crippen LogP contribution in [0.5, 0.6) is 0 Å². The highest BCUT2D eigenvalue weighted by Crippen LogP contribution is 2.15. The molecule has 0 radical (unpaired) electrons. The summed E-state index contributed by atoms with van der Waals surface area (Å²) in [5.74, 6) is 0.751. The molecule has 0 aliphatic heterocycles. The second-order valence-corrected chi connectivity index (χ2v) is 4.81. The van der Waals surface area contributed by atoms with Crippen molar-refractivity contribution in [3.63, 3.8) is 0 Å². The number of aryl methyl sites for hydroxylation is 2. The van der Waals surface area contributed by atoms with Gasteiger partial charge in [-0.15, -0.1) is 0 Å². The highest BCUT2D eigenvalue weighted by atomic mass is 16.1. The average Bonchev–Trinajstić information content (AvgIpc) is 2.94. The van der Waals surface area contributed by atoms with Gasteiger partial charge in [0.15, 0.2) is 0 Å². The average molecular weight is 260 g/mol. The molecular weight excluding hydrogens is 240 g/mol. The fourth-order valence-electron chi connectivity index (χ4n) is 2.06. The van der Waals surface area contributed by atoms with Crippen LogP contribution < -0.4 is 5.32 Å². The second-order valence-electron chi connectivity index (χ2n) is 4.81. The molecule has 2 N–H and O–H groups in total. The van der Waals surface area contributed by atoms with Gasteiger partial charge in [-0.25, -0.2) is 4.98 Å². The first-order valence-corrected chi connectivity index (χ1v) is 6.47. The van der Waals surface area contributed by atoms with Gasteiger partial charge in [0, 0.05) is 30.8 Å². The summed E-state index contributed by atoms with van der Waals surface area (Å²) < 4.78 is 1.94. The zero-order valence-corrected chi connectivity index (χ0v) is 11.8. The van der Waals surface area contributed by atoms with Crippen molar-refractivity contribution in [2.45, 2.75) is 33.2 Å². The first-order chi connectivity index (χ1) is 9.02. The summed E-state index contributed by atoms with van der Waals surface area (Å²) in [7, 11) is 1.93. The smallest absolute Gasteiger partial charge is 0.253 e. The topological polar surface area (TPSA) is 62.7 Å². The molecular formula is C14H20N4O. The minimum atomic E-state index is -0.0826. The summed E-state index contributed by atoms with van der Waals surface area (Å²) in [4.78, 5) is 19.7. The third kappa shape index (κ3) is 2.70. The number of nitrogens with zero attached hydrogens (tertiary/aromatic N) is 2. The molecule has 1 atom stereocenters. The molecule has 102 valence electrons. The van der Waals surface area contributed by atoms with E-state index >= 15 is 0 Å². The summed E-state index contributed by atoms with van der Waals surface area (Å²) in [5.41, 5.74) is 2.67. The van der Waals surface area contributed by atoms with Gasteiger partial charge in [-0.1, -0.05) is 6.92 Å². The van der Waals surface area contributed by atoms with E-state index in [-0.39, 0.29) is 11.9 Å². The van der Waals surface area contributed by atoms with Gasteiger partial charge >= 0.3 is 0 Å². The lowest BCUT2D eigenvalue weighted by Gasteiger charge is -2.14. The van der Waals surface area contributed by atoms with Gasteiger partial charge in [0.05, 0.1) is 11.6 Å². The summed E-state index contributed by atoms with van der Waals surface area (Å²) in [6.07, 6.45) is 4.46. The number of aromatic amines is 1. The number of carbonyl (C=O) groups excluding carboxylic acids is 1. The Morgan fingerprint density at radius 1 is 1.53 bits per heavy atom. The van der Waals surface area contributed by atoms with E-state index in [0.717, 1.165) is 23.6 Å². The minimum Gasteiger partial charge on any atom is -0.354 e. The maximum absolute atomic E-state index is 12.3. The van der Waals surface area contributed by atoms with Crippen molar-refractivity contribution in [2.24, 2.45) is 7.05 Å². The molecule has 1 unspecified atom stereocenters. The number of H-pyrrole nitrogens is 1. The monoisotopic (exact) mass is 260 g/mol. The van der Waals surface area contributed by atoms with Crippen LogP contribution in [0.3, 0.4) is 0 Å². The van der Waals surface area contributed by atoms with Crippen LogP contribution in [0, 0.1) is 13.8 Å². The molecule has 0 aromatic carbocycles. The van der Waals surface area contributed by atoms with E-state index in [1.54, 1.807) is 6.20 Å². The normalized spacial score (nSPS) is 12.4. The van der Waals surface area contributed by atoms with E-state index in [2.05, 4.69) is 15.3 Å². The van der Waals surface area contributed by atoms with E-state index in [4.69, 9.17) is 0 Å². The van der Waals surface area contributed by atoms with Crippen LogP contribution in [-0.4, -0.2) is 20.4 Å². The zero-order chi connectivity index (χ0) is 14.0. The Hall–Kier alpha value is -2.04. The van der Waals surface area contributed by atoms with Crippen molar-refractivity contribution < 1.29 is 4.79 Å². The van der Waals surface area contributed by atoms with Crippen molar-refractivity contribution in [3.05, 3.63) is 41.2 Å². The Morgan fingerprint density at radius 2 is 2.26 bits per heavy atom. The van der Waals surface area contributed by atoms with E-state index in [9.17, 15) is 4.79 Å². The van der Waals surface area contributed by atoms with Crippen LogP contribution in [0.25, 0.3) is 0 Å². The molecule has 0 aliphatic rings. The molecule has 0 saturated carbocycles. The first kappa shape index (κ1) is 13.4. The summed E-state index contributed by atoms with van der Waals surface area (Å²) in [6, 6.07) is 1.76. The number of aromatic nitrogens is 3. The Balaban J connectivity index is 2.15. The minimum absolute atomic E-state index is 0.0565. The number of hydrogen-bond acceptors (Lipinski definition) is 2. The van der Waals surface area contributed by atoms with Gasteiger partial charge in [-0.3, -0.25) is 4.79 Å². The molecule has 2 rings (SSSR count). The summed E-state index contributed by atoms with van der Waals surface area (Å²) >= 11 is 0. The van der Waals surface area contributed by atoms with Gasteiger partial charge in [-0.05, 0) is 26.3 Å². The van der Waals surface area contributed by atoms with Gasteiger partial charge in [0.2, 0.25) is 0 Å². The van der Waals surface area contributed by atoms with E-state index in [1.807, 2.05) is 44.6 Å². The Bertz CT molecular complexity index is 582. The first-order valence-electron chi connectivity index (χ1n) is 6.47. The number of nitrogens with one attached hydrogen (secondary N) is 2. The quantitative estimate of drug-likeness (QED) is 0.885. The molecule has 19 heavy (non-hydrogen) atoms. The molecule has 0 fully saturated rings. The van der Waals surface area contributed by atoms with Gasteiger partial charge in [-0.2, -0.15) is 0 Å². The predicted octanol–water partition coefficient (Wildman–Crippen LogP) is 2.25. The van der Waals surface area contributed by atoms with Gasteiger partial charge < -0.3 is 14.9 Å². The molecule has 0 spiro atoms. The Labute approximate surface area is 113 Å². The Kier molecular flexibility index (Phi) is 3.74. The molecule has 5 nitrogen and oxygen atoms in total. The SMILES string of the molecule is CCC(NC(=O)c1ccn(C)c1C)c1ncc(C)[nH]1. The lowest BCUT2D eigenvalue weighted by atomic mass is 10.1. The van der Waals surface area contributed by atoms with Crippen molar-refractivity contribution in [1.82, 2.24) is 19.9 Å². The third-order valence-electron chi connectivity index (χ3n) is 3.39. The largest absolute Gasteiger partial charge is 0.354 e. The lowest BCUT2D eigenvalue weighted by molar-refractivity contribution is 0.0933. The third-order valence-corrected chi connectivity index (χ3v) is 3.39. The van der Waals surface area contributed by atoms with Crippen molar-refractivity contribution in [3.8, 4) is 0 Å². The molecule has 0 saturated heterocycles. The number of imidazole rings is 1. The number of rotatable bonds is 4. The van der Waals surface area contributed by atoms with E-state index in [1.165, 1.54) is 0 Å². The molecule has 2 heterocycles. The Morgan fingerprint density at radius 3 is 2.74 bits per heavy atom. The fraction of sp³-hybridized carbons (Fsp3) is 0.429. The van der Waals surface area contributed by atoms with Crippen LogP contribution >= 0.6 is 0 Å². The molecule has 2 aromatic rings. The number of carbonyl (C=O) groups is 1. The van der Waals surface area contributed by atoms with E-state index in [0.29, 0.717) is 5.56 Å². The van der Waals surface area contributed by atoms with E-state index < -0.39 is 0 Å². The van der Waals surface area contributed by atoms with Crippen LogP contribution in [0.1, 0.15) is 47.0 Å². The molecule has 0 aliphatic carbocycles. The van der Waals surface area contributed by atoms with Crippen LogP contribution in [0.4, 0.5) is 0 Å². The molecule has 1 amide bonds. The molecule has 5 heteroatoms. The second kappa shape index (κ2) is 5.30. The highest BCUT2D eigenvalue weighted by Gasteiger charge is 2.18. The van der Waals surface area contributed by atoms with Gasteiger partial charge in [0.25, 0.3) is 5.91 Å². The predicted molar refractivity (Wildman–Crippen MR) is 74.0 cm³/mol. The highest BCUT2D eigenvalue weighted by molar-refractivity contribution is 5.95. The van der Waals surface area contributed by atoms with Crippen LogP contribution in [0.2, 0.25) is 0 Å². The lowest BCUT2D eigenvalue weighted by Crippen LogP contribution is -2.29. The fourth-order valence-corrected chi connectivity index (χ4v) is 2.06. The number of amides is 1. The maximum atomic E-state index is 12.3. The molecule has 0 bridgehead atoms. The summed E-state index contributed by atoms with van der Waals surface area (Å²) in [6.45, 7) is 5.92. The molecule has 2 aromatic heterocycles. The van der Waals surface area contributed by atoms with Crippen molar-refractivity contribution in [1.29, 1.82) is 0 Å². The van der Waals surface area contributed by atoms with Crippen molar-refractivity contribution in [2.75, 3.05) is 0 Å². The van der Waals surface area contributed by atoms with Gasteiger partial charge in [0.1, 0.15) is 5.82 Å². The summed E-state index contributed by atoms with van der Waals surface area (Å²) in [5, 5.41) is 3.02. The standard InChI is InChI=1S/C14H20N4O/c1-5-12(13-15-8-9(2)16-13)17-14(19)11-6-7-18(4)10(11)3/h6-8,12H,5H2,1-4H3,(H,15,16)(H,17,19).